The van der Waals surface area contributed by atoms with Crippen molar-refractivity contribution in [1.29, 1.82) is 0 Å². The molecule has 1 aliphatic heterocycles. The van der Waals surface area contributed by atoms with E-state index in [2.05, 4.69) is 77.1 Å². The molecular weight excluding hydrogens is 436 g/mol. The van der Waals surface area contributed by atoms with Crippen molar-refractivity contribution in [2.75, 3.05) is 25.0 Å². The number of likely N-dealkylation sites (tertiary alicyclic amines) is 1. The molecule has 2 nitrogen and oxygen atoms in total. The maximum Gasteiger partial charge on any atom is 0.0631 e. The maximum atomic E-state index is 3.67. The van der Waals surface area contributed by atoms with Crippen LogP contribution >= 0.6 is 47.8 Å². The number of nitrogens with zero attached hydrogens (tertiary/aromatic N) is 1. The van der Waals surface area contributed by atoms with Gasteiger partial charge < -0.3 is 10.2 Å². The minimum absolute atomic E-state index is 0.571. The molecule has 19 heavy (non-hydrogen) atoms. The predicted molar refractivity (Wildman–Crippen MR) is 92.9 cm³/mol. The SMILES string of the molecule is CCCN1CCC(Nc2c(Br)cc(Br)cc2Br)CC1. The van der Waals surface area contributed by atoms with Crippen molar-refractivity contribution < 1.29 is 0 Å². The van der Waals surface area contributed by atoms with Crippen molar-refractivity contribution in [3.63, 3.8) is 0 Å². The fraction of sp³-hybridized carbons (Fsp3) is 0.571. The van der Waals surface area contributed by atoms with Crippen LogP contribution in [0.25, 0.3) is 0 Å². The highest BCUT2D eigenvalue weighted by molar-refractivity contribution is 9.11. The van der Waals surface area contributed by atoms with Crippen LogP contribution in [-0.2, 0) is 0 Å². The van der Waals surface area contributed by atoms with Crippen LogP contribution in [0.15, 0.2) is 25.6 Å². The molecule has 0 aliphatic carbocycles. The highest BCUT2D eigenvalue weighted by Gasteiger charge is 2.19. The zero-order valence-corrected chi connectivity index (χ0v) is 15.8. The van der Waals surface area contributed by atoms with Crippen LogP contribution in [0.3, 0.4) is 0 Å². The fourth-order valence-electron chi connectivity index (χ4n) is 2.50. The van der Waals surface area contributed by atoms with Gasteiger partial charge in [-0.05, 0) is 69.8 Å². The molecule has 0 saturated carbocycles. The Kier molecular flexibility index (Phi) is 6.18. The Morgan fingerprint density at radius 2 is 1.74 bits per heavy atom. The molecule has 1 heterocycles. The van der Waals surface area contributed by atoms with Crippen LogP contribution in [-0.4, -0.2) is 30.6 Å². The average molecular weight is 455 g/mol. The number of piperidine rings is 1. The summed E-state index contributed by atoms with van der Waals surface area (Å²) in [7, 11) is 0. The Hall–Kier alpha value is 0.420. The molecule has 1 fully saturated rings. The van der Waals surface area contributed by atoms with E-state index in [1.807, 2.05) is 0 Å². The van der Waals surface area contributed by atoms with Crippen LogP contribution in [0.5, 0.6) is 0 Å². The summed E-state index contributed by atoms with van der Waals surface area (Å²) in [5.74, 6) is 0. The van der Waals surface area contributed by atoms with E-state index in [1.165, 1.54) is 38.9 Å². The van der Waals surface area contributed by atoms with Crippen molar-refractivity contribution in [3.8, 4) is 0 Å². The molecule has 0 atom stereocenters. The Morgan fingerprint density at radius 1 is 1.16 bits per heavy atom. The molecule has 1 aromatic carbocycles. The highest BCUT2D eigenvalue weighted by atomic mass is 79.9. The molecule has 1 aromatic rings. The molecule has 0 amide bonds. The van der Waals surface area contributed by atoms with Gasteiger partial charge in [0.15, 0.2) is 0 Å². The lowest BCUT2D eigenvalue weighted by atomic mass is 10.0. The fourth-order valence-corrected chi connectivity index (χ4v) is 4.99. The van der Waals surface area contributed by atoms with Crippen LogP contribution in [0.1, 0.15) is 26.2 Å². The lowest BCUT2D eigenvalue weighted by Crippen LogP contribution is -2.39. The van der Waals surface area contributed by atoms with E-state index in [1.54, 1.807) is 0 Å². The third-order valence-electron chi connectivity index (χ3n) is 3.48. The van der Waals surface area contributed by atoms with Crippen LogP contribution in [0.2, 0.25) is 0 Å². The molecule has 5 heteroatoms. The van der Waals surface area contributed by atoms with E-state index in [9.17, 15) is 0 Å². The van der Waals surface area contributed by atoms with Crippen molar-refractivity contribution in [1.82, 2.24) is 4.90 Å². The summed E-state index contributed by atoms with van der Waals surface area (Å²) >= 11 is 10.8. The smallest absolute Gasteiger partial charge is 0.0631 e. The number of nitrogens with one attached hydrogen (secondary N) is 1. The zero-order chi connectivity index (χ0) is 13.8. The number of hydrogen-bond donors (Lipinski definition) is 1. The first-order valence-electron chi connectivity index (χ1n) is 6.73. The number of halogens is 3. The Labute approximate surface area is 140 Å². The highest BCUT2D eigenvalue weighted by Crippen LogP contribution is 2.35. The third-order valence-corrected chi connectivity index (χ3v) is 5.19. The minimum atomic E-state index is 0.571. The van der Waals surface area contributed by atoms with E-state index in [-0.39, 0.29) is 0 Å². The van der Waals surface area contributed by atoms with Crippen molar-refractivity contribution in [3.05, 3.63) is 25.6 Å². The van der Waals surface area contributed by atoms with Gasteiger partial charge in [-0.15, -0.1) is 0 Å². The lowest BCUT2D eigenvalue weighted by Gasteiger charge is -2.33. The Morgan fingerprint density at radius 3 is 2.26 bits per heavy atom. The van der Waals surface area contributed by atoms with Crippen molar-refractivity contribution in [2.45, 2.75) is 32.2 Å². The normalized spacial score (nSPS) is 17.7. The summed E-state index contributed by atoms with van der Waals surface area (Å²) in [6, 6.07) is 4.74. The van der Waals surface area contributed by atoms with Crippen molar-refractivity contribution in [2.24, 2.45) is 0 Å². The minimum Gasteiger partial charge on any atom is -0.380 e. The topological polar surface area (TPSA) is 15.3 Å². The molecule has 0 aromatic heterocycles. The second-order valence-electron chi connectivity index (χ2n) is 5.00. The summed E-state index contributed by atoms with van der Waals surface area (Å²) in [6.45, 7) is 5.90. The van der Waals surface area contributed by atoms with Crippen LogP contribution < -0.4 is 5.32 Å². The molecule has 1 N–H and O–H groups in total. The summed E-state index contributed by atoms with van der Waals surface area (Å²) in [6.07, 6.45) is 3.69. The van der Waals surface area contributed by atoms with Crippen LogP contribution in [0.4, 0.5) is 5.69 Å². The third kappa shape index (κ3) is 4.45. The van der Waals surface area contributed by atoms with Gasteiger partial charge in [-0.2, -0.15) is 0 Å². The number of benzene rings is 1. The first kappa shape index (κ1) is 15.8. The van der Waals surface area contributed by atoms with E-state index in [0.717, 1.165) is 19.1 Å². The van der Waals surface area contributed by atoms with Gasteiger partial charge in [0.2, 0.25) is 0 Å². The summed E-state index contributed by atoms with van der Waals surface area (Å²) in [4.78, 5) is 2.56. The Bertz CT molecular complexity index is 406. The zero-order valence-electron chi connectivity index (χ0n) is 11.1. The van der Waals surface area contributed by atoms with E-state index in [4.69, 9.17) is 0 Å². The number of rotatable bonds is 4. The van der Waals surface area contributed by atoms with Gasteiger partial charge in [-0.3, -0.25) is 0 Å². The van der Waals surface area contributed by atoms with Gasteiger partial charge in [-0.1, -0.05) is 22.9 Å². The summed E-state index contributed by atoms with van der Waals surface area (Å²) < 4.78 is 3.28. The quantitative estimate of drug-likeness (QED) is 0.667. The standard InChI is InChI=1S/C14H19Br3N2/c1-2-5-19-6-3-11(4-7-19)18-14-12(16)8-10(15)9-13(14)17/h8-9,11,18H,2-7H2,1H3. The second-order valence-corrected chi connectivity index (χ2v) is 7.63. The molecule has 0 bridgehead atoms. The van der Waals surface area contributed by atoms with E-state index in [0.29, 0.717) is 6.04 Å². The molecular formula is C14H19Br3N2. The monoisotopic (exact) mass is 452 g/mol. The molecule has 0 radical (unpaired) electrons. The van der Waals surface area contributed by atoms with Gasteiger partial charge in [0.05, 0.1) is 5.69 Å². The number of anilines is 1. The van der Waals surface area contributed by atoms with Gasteiger partial charge in [0.25, 0.3) is 0 Å². The van der Waals surface area contributed by atoms with Crippen LogP contribution in [0, 0.1) is 0 Å². The molecule has 0 spiro atoms. The second kappa shape index (κ2) is 7.43. The van der Waals surface area contributed by atoms with Crippen molar-refractivity contribution >= 4 is 53.5 Å². The van der Waals surface area contributed by atoms with Gasteiger partial charge in [0.1, 0.15) is 0 Å². The summed E-state index contributed by atoms with van der Waals surface area (Å²) in [5, 5.41) is 3.67. The summed E-state index contributed by atoms with van der Waals surface area (Å²) in [5.41, 5.74) is 1.16. The molecule has 106 valence electrons. The first-order chi connectivity index (χ1) is 9.10. The average Bonchev–Trinajstić information content (AvgIpc) is 2.36. The first-order valence-corrected chi connectivity index (χ1v) is 9.11. The van der Waals surface area contributed by atoms with E-state index >= 15 is 0 Å². The Balaban J connectivity index is 1.96. The molecule has 1 saturated heterocycles. The lowest BCUT2D eigenvalue weighted by molar-refractivity contribution is 0.219. The predicted octanol–water partition coefficient (Wildman–Crippen LogP) is 5.26. The van der Waals surface area contributed by atoms with Gasteiger partial charge in [-0.25, -0.2) is 0 Å². The molecule has 1 aliphatic rings. The number of hydrogen-bond acceptors (Lipinski definition) is 2. The largest absolute Gasteiger partial charge is 0.380 e. The maximum absolute atomic E-state index is 3.67. The van der Waals surface area contributed by atoms with Gasteiger partial charge in [0, 0.05) is 32.5 Å². The van der Waals surface area contributed by atoms with Gasteiger partial charge >= 0.3 is 0 Å². The molecule has 0 unspecified atom stereocenters. The van der Waals surface area contributed by atoms with E-state index < -0.39 is 0 Å². The molecule has 2 rings (SSSR count).